The zero-order valence-corrected chi connectivity index (χ0v) is 12.2. The minimum Gasteiger partial charge on any atom is -0.506 e. The SMILES string of the molecule is Oc1ccc(N=Nc2ccc(Cl)cc2Cl)c2cccnc12. The molecule has 4 nitrogen and oxygen atoms in total. The number of benzene rings is 2. The van der Waals surface area contributed by atoms with Crippen LogP contribution >= 0.6 is 23.2 Å². The first kappa shape index (κ1) is 13.8. The summed E-state index contributed by atoms with van der Waals surface area (Å²) in [6, 6.07) is 11.8. The first-order chi connectivity index (χ1) is 10.1. The van der Waals surface area contributed by atoms with Crippen LogP contribution in [0.25, 0.3) is 10.9 Å². The van der Waals surface area contributed by atoms with E-state index in [-0.39, 0.29) is 5.75 Å². The van der Waals surface area contributed by atoms with E-state index in [9.17, 15) is 5.11 Å². The summed E-state index contributed by atoms with van der Waals surface area (Å²) in [5.74, 6) is 0.106. The van der Waals surface area contributed by atoms with E-state index in [1.807, 2.05) is 6.07 Å². The molecule has 3 rings (SSSR count). The molecule has 0 saturated carbocycles. The lowest BCUT2D eigenvalue weighted by Gasteiger charge is -2.02. The predicted molar refractivity (Wildman–Crippen MR) is 84.0 cm³/mol. The molecular weight excluding hydrogens is 309 g/mol. The lowest BCUT2D eigenvalue weighted by atomic mass is 10.2. The number of hydrogen-bond acceptors (Lipinski definition) is 4. The Kier molecular flexibility index (Phi) is 3.73. The van der Waals surface area contributed by atoms with Crippen molar-refractivity contribution in [3.05, 3.63) is 58.7 Å². The molecule has 0 aliphatic heterocycles. The molecule has 0 spiro atoms. The molecule has 1 heterocycles. The van der Waals surface area contributed by atoms with Crippen LogP contribution in [0.4, 0.5) is 11.4 Å². The summed E-state index contributed by atoms with van der Waals surface area (Å²) >= 11 is 11.9. The highest BCUT2D eigenvalue weighted by molar-refractivity contribution is 6.36. The topological polar surface area (TPSA) is 57.8 Å². The lowest BCUT2D eigenvalue weighted by Crippen LogP contribution is -1.79. The van der Waals surface area contributed by atoms with Crippen LogP contribution in [0.1, 0.15) is 0 Å². The quantitative estimate of drug-likeness (QED) is 0.619. The average molecular weight is 318 g/mol. The lowest BCUT2D eigenvalue weighted by molar-refractivity contribution is 0.480. The molecular formula is C15H9Cl2N3O. The average Bonchev–Trinajstić information content (AvgIpc) is 2.48. The van der Waals surface area contributed by atoms with Crippen LogP contribution < -0.4 is 0 Å². The number of azo groups is 1. The number of hydrogen-bond donors (Lipinski definition) is 1. The van der Waals surface area contributed by atoms with Crippen LogP contribution in [0.5, 0.6) is 5.75 Å². The molecule has 0 aliphatic rings. The molecule has 3 aromatic rings. The van der Waals surface area contributed by atoms with E-state index < -0.39 is 0 Å². The third-order valence-electron chi connectivity index (χ3n) is 2.90. The molecule has 6 heteroatoms. The molecule has 0 bridgehead atoms. The van der Waals surface area contributed by atoms with Gasteiger partial charge >= 0.3 is 0 Å². The summed E-state index contributed by atoms with van der Waals surface area (Å²) in [6.45, 7) is 0. The predicted octanol–water partition coefficient (Wildman–Crippen LogP) is 5.66. The highest BCUT2D eigenvalue weighted by Gasteiger charge is 2.06. The number of pyridine rings is 1. The van der Waals surface area contributed by atoms with Gasteiger partial charge in [0, 0.05) is 16.6 Å². The molecule has 0 fully saturated rings. The Balaban J connectivity index is 2.06. The van der Waals surface area contributed by atoms with Crippen LogP contribution in [-0.4, -0.2) is 10.1 Å². The van der Waals surface area contributed by atoms with Gasteiger partial charge in [-0.25, -0.2) is 0 Å². The fraction of sp³-hybridized carbons (Fsp3) is 0. The minimum absolute atomic E-state index is 0.106. The maximum atomic E-state index is 9.79. The highest BCUT2D eigenvalue weighted by atomic mass is 35.5. The largest absolute Gasteiger partial charge is 0.506 e. The second kappa shape index (κ2) is 5.68. The van der Waals surface area contributed by atoms with Gasteiger partial charge in [0.25, 0.3) is 0 Å². The second-order valence-corrected chi connectivity index (χ2v) is 5.14. The van der Waals surface area contributed by atoms with Crippen molar-refractivity contribution in [3.63, 3.8) is 0 Å². The minimum atomic E-state index is 0.106. The second-order valence-electron chi connectivity index (χ2n) is 4.30. The summed E-state index contributed by atoms with van der Waals surface area (Å²) in [5, 5.41) is 19.8. The number of phenols is 1. The van der Waals surface area contributed by atoms with Crippen LogP contribution in [0, 0.1) is 0 Å². The Morgan fingerprint density at radius 3 is 2.52 bits per heavy atom. The van der Waals surface area contributed by atoms with Gasteiger partial charge in [-0.3, -0.25) is 4.98 Å². The fourth-order valence-corrected chi connectivity index (χ4v) is 2.35. The molecule has 0 atom stereocenters. The maximum absolute atomic E-state index is 9.79. The number of halogens is 2. The number of phenolic OH excluding ortho intramolecular Hbond substituents is 1. The first-order valence-electron chi connectivity index (χ1n) is 6.08. The van der Waals surface area contributed by atoms with Crippen LogP contribution in [0.15, 0.2) is 58.9 Å². The molecule has 0 radical (unpaired) electrons. The Labute approximate surface area is 130 Å². The molecule has 0 aliphatic carbocycles. The van der Waals surface area contributed by atoms with Crippen LogP contribution in [-0.2, 0) is 0 Å². The van der Waals surface area contributed by atoms with Crippen molar-refractivity contribution in [2.24, 2.45) is 10.2 Å². The molecule has 104 valence electrons. The van der Waals surface area contributed by atoms with Gasteiger partial charge in [0.15, 0.2) is 0 Å². The van der Waals surface area contributed by atoms with Crippen molar-refractivity contribution in [2.45, 2.75) is 0 Å². The molecule has 0 amide bonds. The van der Waals surface area contributed by atoms with Gasteiger partial charge in [-0.2, -0.15) is 0 Å². The summed E-state index contributed by atoms with van der Waals surface area (Å²) in [6.07, 6.45) is 1.61. The van der Waals surface area contributed by atoms with Crippen molar-refractivity contribution < 1.29 is 5.11 Å². The van der Waals surface area contributed by atoms with E-state index >= 15 is 0 Å². The van der Waals surface area contributed by atoms with Gasteiger partial charge in [0.1, 0.15) is 17.0 Å². The third kappa shape index (κ3) is 2.82. The maximum Gasteiger partial charge on any atom is 0.141 e. The highest BCUT2D eigenvalue weighted by Crippen LogP contribution is 2.33. The number of aromatic nitrogens is 1. The summed E-state index contributed by atoms with van der Waals surface area (Å²) in [4.78, 5) is 4.13. The van der Waals surface area contributed by atoms with E-state index in [0.717, 1.165) is 0 Å². The molecule has 0 saturated heterocycles. The van der Waals surface area contributed by atoms with E-state index in [4.69, 9.17) is 23.2 Å². The first-order valence-corrected chi connectivity index (χ1v) is 6.84. The molecule has 2 aromatic carbocycles. The van der Waals surface area contributed by atoms with Gasteiger partial charge < -0.3 is 5.11 Å². The van der Waals surface area contributed by atoms with E-state index in [1.54, 1.807) is 36.5 Å². The van der Waals surface area contributed by atoms with Gasteiger partial charge in [-0.05, 0) is 42.5 Å². The normalized spacial score (nSPS) is 11.3. The Hall–Kier alpha value is -2.17. The summed E-state index contributed by atoms with van der Waals surface area (Å²) in [5.41, 5.74) is 1.60. The van der Waals surface area contributed by atoms with Crippen molar-refractivity contribution in [1.29, 1.82) is 0 Å². The summed E-state index contributed by atoms with van der Waals surface area (Å²) in [7, 11) is 0. The number of nitrogens with zero attached hydrogens (tertiary/aromatic N) is 3. The Morgan fingerprint density at radius 2 is 1.71 bits per heavy atom. The van der Waals surface area contributed by atoms with Gasteiger partial charge in [0.05, 0.1) is 10.7 Å². The van der Waals surface area contributed by atoms with E-state index in [1.165, 1.54) is 6.07 Å². The van der Waals surface area contributed by atoms with Crippen molar-refractivity contribution in [3.8, 4) is 5.75 Å². The van der Waals surface area contributed by atoms with Gasteiger partial charge in [-0.1, -0.05) is 23.2 Å². The molecule has 0 unspecified atom stereocenters. The fourth-order valence-electron chi connectivity index (χ4n) is 1.90. The van der Waals surface area contributed by atoms with E-state index in [0.29, 0.717) is 32.3 Å². The number of rotatable bonds is 2. The number of fused-ring (bicyclic) bond motifs is 1. The Bertz CT molecular complexity index is 849. The zero-order valence-electron chi connectivity index (χ0n) is 10.7. The Morgan fingerprint density at radius 1 is 0.952 bits per heavy atom. The van der Waals surface area contributed by atoms with Crippen LogP contribution in [0.2, 0.25) is 10.0 Å². The third-order valence-corrected chi connectivity index (χ3v) is 3.44. The van der Waals surface area contributed by atoms with Crippen molar-refractivity contribution in [1.82, 2.24) is 4.98 Å². The number of aromatic hydroxyl groups is 1. The van der Waals surface area contributed by atoms with Crippen molar-refractivity contribution in [2.75, 3.05) is 0 Å². The zero-order chi connectivity index (χ0) is 14.8. The molecule has 1 N–H and O–H groups in total. The van der Waals surface area contributed by atoms with E-state index in [2.05, 4.69) is 15.2 Å². The monoisotopic (exact) mass is 317 g/mol. The van der Waals surface area contributed by atoms with Crippen LogP contribution in [0.3, 0.4) is 0 Å². The summed E-state index contributed by atoms with van der Waals surface area (Å²) < 4.78 is 0. The smallest absolute Gasteiger partial charge is 0.141 e. The van der Waals surface area contributed by atoms with Crippen molar-refractivity contribution >= 4 is 45.5 Å². The molecule has 21 heavy (non-hydrogen) atoms. The standard InChI is InChI=1S/C15H9Cl2N3O/c16-9-3-4-13(11(17)8-9)20-19-12-5-6-14(21)15-10(12)2-1-7-18-15/h1-8,21H. The van der Waals surface area contributed by atoms with Gasteiger partial charge in [0.2, 0.25) is 0 Å². The molecule has 1 aromatic heterocycles. The van der Waals surface area contributed by atoms with Gasteiger partial charge in [-0.15, -0.1) is 10.2 Å².